The SMILES string of the molecule is Cc1cc(C)c(C)c(C(Cl)c2ccc(F)c(Br)c2)c1C. The van der Waals surface area contributed by atoms with Gasteiger partial charge in [0.25, 0.3) is 0 Å². The van der Waals surface area contributed by atoms with Gasteiger partial charge in [-0.15, -0.1) is 11.6 Å². The van der Waals surface area contributed by atoms with Crippen molar-refractivity contribution in [3.05, 3.63) is 67.9 Å². The zero-order valence-corrected chi connectivity index (χ0v) is 14.4. The zero-order valence-electron chi connectivity index (χ0n) is 12.0. The zero-order chi connectivity index (χ0) is 15.0. The smallest absolute Gasteiger partial charge is 0.137 e. The molecule has 0 aliphatic rings. The van der Waals surface area contributed by atoms with Gasteiger partial charge in [0.15, 0.2) is 0 Å². The first kappa shape index (κ1) is 15.5. The number of hydrogen-bond acceptors (Lipinski definition) is 0. The van der Waals surface area contributed by atoms with E-state index in [0.717, 1.165) is 11.1 Å². The summed E-state index contributed by atoms with van der Waals surface area (Å²) in [7, 11) is 0. The highest BCUT2D eigenvalue weighted by molar-refractivity contribution is 9.10. The van der Waals surface area contributed by atoms with Crippen LogP contribution in [-0.4, -0.2) is 0 Å². The highest BCUT2D eigenvalue weighted by atomic mass is 79.9. The molecule has 0 saturated heterocycles. The van der Waals surface area contributed by atoms with Crippen molar-refractivity contribution in [2.45, 2.75) is 33.1 Å². The molecule has 3 heteroatoms. The van der Waals surface area contributed by atoms with Crippen molar-refractivity contribution in [1.29, 1.82) is 0 Å². The van der Waals surface area contributed by atoms with Gasteiger partial charge >= 0.3 is 0 Å². The minimum atomic E-state index is -0.273. The molecule has 0 aliphatic heterocycles. The Kier molecular flexibility index (Phi) is 4.55. The van der Waals surface area contributed by atoms with Crippen molar-refractivity contribution in [3.8, 4) is 0 Å². The molecule has 0 saturated carbocycles. The van der Waals surface area contributed by atoms with Gasteiger partial charge in [0, 0.05) is 0 Å². The summed E-state index contributed by atoms with van der Waals surface area (Å²) in [5.74, 6) is -0.272. The van der Waals surface area contributed by atoms with Crippen LogP contribution < -0.4 is 0 Å². The van der Waals surface area contributed by atoms with E-state index < -0.39 is 0 Å². The first-order valence-corrected chi connectivity index (χ1v) is 7.72. The van der Waals surface area contributed by atoms with Crippen LogP contribution >= 0.6 is 27.5 Å². The lowest BCUT2D eigenvalue weighted by Gasteiger charge is -2.20. The van der Waals surface area contributed by atoms with E-state index in [1.54, 1.807) is 12.1 Å². The Bertz CT molecular complexity index is 638. The van der Waals surface area contributed by atoms with E-state index in [4.69, 9.17) is 11.6 Å². The molecule has 0 spiro atoms. The molecule has 0 N–H and O–H groups in total. The maximum absolute atomic E-state index is 13.4. The summed E-state index contributed by atoms with van der Waals surface area (Å²) < 4.78 is 13.8. The van der Waals surface area contributed by atoms with Gasteiger partial charge in [-0.25, -0.2) is 4.39 Å². The Morgan fingerprint density at radius 3 is 2.05 bits per heavy atom. The first-order valence-electron chi connectivity index (χ1n) is 6.49. The maximum Gasteiger partial charge on any atom is 0.137 e. The van der Waals surface area contributed by atoms with Gasteiger partial charge < -0.3 is 0 Å². The van der Waals surface area contributed by atoms with Crippen LogP contribution in [0.15, 0.2) is 28.7 Å². The quantitative estimate of drug-likeness (QED) is 0.567. The number of rotatable bonds is 2. The van der Waals surface area contributed by atoms with E-state index in [9.17, 15) is 4.39 Å². The van der Waals surface area contributed by atoms with Crippen LogP contribution in [0.25, 0.3) is 0 Å². The fraction of sp³-hybridized carbons (Fsp3) is 0.294. The van der Waals surface area contributed by atoms with Crippen LogP contribution in [0.3, 0.4) is 0 Å². The molecule has 0 radical (unpaired) electrons. The van der Waals surface area contributed by atoms with Crippen molar-refractivity contribution in [2.75, 3.05) is 0 Å². The fourth-order valence-corrected chi connectivity index (χ4v) is 3.32. The van der Waals surface area contributed by atoms with E-state index in [2.05, 4.69) is 49.7 Å². The predicted molar refractivity (Wildman–Crippen MR) is 87.2 cm³/mol. The van der Waals surface area contributed by atoms with Gasteiger partial charge in [-0.1, -0.05) is 12.1 Å². The third kappa shape index (κ3) is 2.77. The van der Waals surface area contributed by atoms with Gasteiger partial charge in [0.2, 0.25) is 0 Å². The molecule has 0 heterocycles. The number of aryl methyl sites for hydroxylation is 2. The van der Waals surface area contributed by atoms with Gasteiger partial charge in [-0.05, 0) is 89.1 Å². The summed E-state index contributed by atoms with van der Waals surface area (Å²) in [5.41, 5.74) is 6.89. The largest absolute Gasteiger partial charge is 0.206 e. The molecule has 0 fully saturated rings. The molecule has 2 aromatic carbocycles. The maximum atomic E-state index is 13.4. The van der Waals surface area contributed by atoms with E-state index in [1.807, 2.05) is 0 Å². The number of alkyl halides is 1. The van der Waals surface area contributed by atoms with Crippen LogP contribution in [0.5, 0.6) is 0 Å². The lowest BCUT2D eigenvalue weighted by molar-refractivity contribution is 0.620. The van der Waals surface area contributed by atoms with Crippen molar-refractivity contribution in [2.24, 2.45) is 0 Å². The minimum Gasteiger partial charge on any atom is -0.206 e. The van der Waals surface area contributed by atoms with E-state index in [1.165, 1.54) is 28.3 Å². The lowest BCUT2D eigenvalue weighted by atomic mass is 9.90. The van der Waals surface area contributed by atoms with Crippen LogP contribution in [-0.2, 0) is 0 Å². The summed E-state index contributed by atoms with van der Waals surface area (Å²) in [6.45, 7) is 8.36. The Hall–Kier alpha value is -0.860. The summed E-state index contributed by atoms with van der Waals surface area (Å²) in [6.07, 6.45) is 0. The molecule has 20 heavy (non-hydrogen) atoms. The standard InChI is InChI=1S/C17H17BrClF/c1-9-7-10(2)12(4)16(11(9)3)17(19)13-5-6-15(20)14(18)8-13/h5-8,17H,1-4H3. The topological polar surface area (TPSA) is 0 Å². The summed E-state index contributed by atoms with van der Waals surface area (Å²) in [4.78, 5) is 0. The molecule has 2 aromatic rings. The van der Waals surface area contributed by atoms with Crippen LogP contribution in [0, 0.1) is 33.5 Å². The Morgan fingerprint density at radius 2 is 1.55 bits per heavy atom. The number of halogens is 3. The van der Waals surface area contributed by atoms with Crippen LogP contribution in [0.4, 0.5) is 4.39 Å². The van der Waals surface area contributed by atoms with Crippen molar-refractivity contribution >= 4 is 27.5 Å². The molecular formula is C17H17BrClF. The second-order valence-corrected chi connectivity index (χ2v) is 6.50. The molecule has 0 amide bonds. The average Bonchev–Trinajstić information content (AvgIpc) is 2.40. The molecule has 2 rings (SSSR count). The van der Waals surface area contributed by atoms with Crippen molar-refractivity contribution < 1.29 is 4.39 Å². The third-order valence-corrected chi connectivity index (χ3v) is 4.99. The van der Waals surface area contributed by atoms with Gasteiger partial charge in [0.1, 0.15) is 5.82 Å². The third-order valence-electron chi connectivity index (χ3n) is 3.91. The van der Waals surface area contributed by atoms with Crippen molar-refractivity contribution in [1.82, 2.24) is 0 Å². The Labute approximate surface area is 133 Å². The molecular weight excluding hydrogens is 339 g/mol. The lowest BCUT2D eigenvalue weighted by Crippen LogP contribution is -2.03. The first-order chi connectivity index (χ1) is 9.32. The fourth-order valence-electron chi connectivity index (χ4n) is 2.46. The van der Waals surface area contributed by atoms with Gasteiger partial charge in [-0.3, -0.25) is 0 Å². The molecule has 0 aromatic heterocycles. The molecule has 0 nitrogen and oxygen atoms in total. The summed E-state index contributed by atoms with van der Waals surface area (Å²) >= 11 is 9.89. The summed E-state index contributed by atoms with van der Waals surface area (Å²) in [5, 5.41) is -0.273. The summed E-state index contributed by atoms with van der Waals surface area (Å²) in [6, 6.07) is 7.12. The van der Waals surface area contributed by atoms with Gasteiger partial charge in [0.05, 0.1) is 9.85 Å². The van der Waals surface area contributed by atoms with E-state index in [-0.39, 0.29) is 11.2 Å². The highest BCUT2D eigenvalue weighted by Gasteiger charge is 2.19. The van der Waals surface area contributed by atoms with E-state index >= 15 is 0 Å². The highest BCUT2D eigenvalue weighted by Crippen LogP contribution is 2.37. The van der Waals surface area contributed by atoms with Crippen molar-refractivity contribution in [3.63, 3.8) is 0 Å². The predicted octanol–water partition coefficient (Wildman–Crippen LogP) is 6.15. The monoisotopic (exact) mass is 354 g/mol. The van der Waals surface area contributed by atoms with E-state index in [0.29, 0.717) is 4.47 Å². The van der Waals surface area contributed by atoms with Crippen LogP contribution in [0.1, 0.15) is 38.8 Å². The molecule has 0 aliphatic carbocycles. The number of benzene rings is 2. The second-order valence-electron chi connectivity index (χ2n) is 5.21. The van der Waals surface area contributed by atoms with Crippen LogP contribution in [0.2, 0.25) is 0 Å². The second kappa shape index (κ2) is 5.87. The number of hydrogen-bond donors (Lipinski definition) is 0. The minimum absolute atomic E-state index is 0.272. The molecule has 1 atom stereocenters. The molecule has 0 bridgehead atoms. The Morgan fingerprint density at radius 1 is 1.00 bits per heavy atom. The molecule has 106 valence electrons. The van der Waals surface area contributed by atoms with Gasteiger partial charge in [-0.2, -0.15) is 0 Å². The average molecular weight is 356 g/mol. The molecule has 1 unspecified atom stereocenters. The Balaban J connectivity index is 2.58. The normalized spacial score (nSPS) is 12.6.